The van der Waals surface area contributed by atoms with Crippen LogP contribution in [-0.4, -0.2) is 27.4 Å². The molecule has 0 aliphatic rings. The lowest BCUT2D eigenvalue weighted by atomic mass is 9.75. The lowest BCUT2D eigenvalue weighted by Gasteiger charge is -2.34. The van der Waals surface area contributed by atoms with Gasteiger partial charge in [0.25, 0.3) is 0 Å². The maximum atomic E-state index is 11.4. The monoisotopic (exact) mass is 362 g/mol. The molecular weight excluding hydrogens is 343 g/mol. The van der Waals surface area contributed by atoms with Crippen LogP contribution in [0.4, 0.5) is 15.3 Å². The number of imide groups is 1. The second kappa shape index (κ2) is 6.17. The van der Waals surface area contributed by atoms with Crippen molar-refractivity contribution in [2.75, 3.05) is 4.90 Å². The SMILES string of the molecule is CC(C)(C)c1c(Cl)nc(Cl)c(N(C(=O)O)C(=O)O)c1C(C)(C)C. The van der Waals surface area contributed by atoms with Gasteiger partial charge in [0.2, 0.25) is 0 Å². The van der Waals surface area contributed by atoms with E-state index in [1.165, 1.54) is 0 Å². The Morgan fingerprint density at radius 1 is 0.870 bits per heavy atom. The first-order valence-electron chi connectivity index (χ1n) is 6.85. The first-order valence-corrected chi connectivity index (χ1v) is 7.61. The molecule has 0 bridgehead atoms. The minimum absolute atomic E-state index is 0.131. The van der Waals surface area contributed by atoms with E-state index in [0.29, 0.717) is 11.1 Å². The fourth-order valence-corrected chi connectivity index (χ4v) is 3.18. The van der Waals surface area contributed by atoms with Crippen LogP contribution < -0.4 is 4.90 Å². The number of anilines is 1. The molecule has 0 atom stereocenters. The first kappa shape index (κ1) is 19.5. The van der Waals surface area contributed by atoms with Crippen LogP contribution in [0.3, 0.4) is 0 Å². The normalized spacial score (nSPS) is 12.2. The van der Waals surface area contributed by atoms with Crippen molar-refractivity contribution < 1.29 is 19.8 Å². The number of nitrogens with zero attached hydrogens (tertiary/aromatic N) is 2. The predicted molar refractivity (Wildman–Crippen MR) is 90.2 cm³/mol. The zero-order valence-corrected chi connectivity index (χ0v) is 15.4. The molecule has 6 nitrogen and oxygen atoms in total. The third-order valence-corrected chi connectivity index (χ3v) is 3.73. The highest BCUT2D eigenvalue weighted by molar-refractivity contribution is 6.36. The van der Waals surface area contributed by atoms with E-state index < -0.39 is 23.0 Å². The Morgan fingerprint density at radius 3 is 1.57 bits per heavy atom. The summed E-state index contributed by atoms with van der Waals surface area (Å²) in [6, 6.07) is 0. The molecule has 1 rings (SSSR count). The maximum absolute atomic E-state index is 11.4. The second-order valence-electron chi connectivity index (χ2n) is 7.19. The standard InChI is InChI=1S/C15H20Cl2N2O4/c1-14(2,3)7-8(15(4,5)6)10(16)18-11(17)9(7)19(12(20)21)13(22)23/h1-6H3,(H,20,21)(H,22,23). The van der Waals surface area contributed by atoms with Crippen LogP contribution in [0, 0.1) is 0 Å². The number of aromatic nitrogens is 1. The van der Waals surface area contributed by atoms with Crippen molar-refractivity contribution in [2.45, 2.75) is 52.4 Å². The van der Waals surface area contributed by atoms with Crippen molar-refractivity contribution >= 4 is 41.1 Å². The van der Waals surface area contributed by atoms with Gasteiger partial charge in [0.15, 0.2) is 5.15 Å². The smallest absolute Gasteiger partial charge is 0.421 e. The molecule has 0 saturated carbocycles. The average Bonchev–Trinajstić information content (AvgIpc) is 2.27. The van der Waals surface area contributed by atoms with Gasteiger partial charge in [-0.1, -0.05) is 64.7 Å². The molecule has 8 heteroatoms. The molecule has 0 aliphatic carbocycles. The van der Waals surface area contributed by atoms with Crippen molar-refractivity contribution in [1.82, 2.24) is 4.98 Å². The van der Waals surface area contributed by atoms with Crippen LogP contribution in [0.2, 0.25) is 10.3 Å². The maximum Gasteiger partial charge on any atom is 0.421 e. The van der Waals surface area contributed by atoms with Crippen molar-refractivity contribution in [1.29, 1.82) is 0 Å². The highest BCUT2D eigenvalue weighted by atomic mass is 35.5. The van der Waals surface area contributed by atoms with E-state index in [1.54, 1.807) is 0 Å². The van der Waals surface area contributed by atoms with E-state index in [0.717, 1.165) is 0 Å². The Hall–Kier alpha value is -1.53. The van der Waals surface area contributed by atoms with Gasteiger partial charge in [-0.15, -0.1) is 0 Å². The fourth-order valence-electron chi connectivity index (χ4n) is 2.41. The molecule has 0 aliphatic heterocycles. The van der Waals surface area contributed by atoms with E-state index in [4.69, 9.17) is 23.2 Å². The highest BCUT2D eigenvalue weighted by Gasteiger charge is 2.38. The largest absolute Gasteiger partial charge is 0.464 e. The number of rotatable bonds is 1. The first-order chi connectivity index (χ1) is 10.2. The number of pyridine rings is 1. The minimum atomic E-state index is -1.66. The van der Waals surface area contributed by atoms with E-state index >= 15 is 0 Å². The third-order valence-electron chi connectivity index (χ3n) is 3.19. The Bertz CT molecular complexity index is 647. The number of amides is 2. The van der Waals surface area contributed by atoms with Crippen LogP contribution >= 0.6 is 23.2 Å². The number of carbonyl (C=O) groups is 2. The molecule has 2 N–H and O–H groups in total. The molecular formula is C15H20Cl2N2O4. The number of hydrogen-bond donors (Lipinski definition) is 2. The quantitative estimate of drug-likeness (QED) is 0.674. The lowest BCUT2D eigenvalue weighted by Crippen LogP contribution is -2.38. The summed E-state index contributed by atoms with van der Waals surface area (Å²) in [6.07, 6.45) is -3.32. The summed E-state index contributed by atoms with van der Waals surface area (Å²) in [5, 5.41) is 18.5. The summed E-state index contributed by atoms with van der Waals surface area (Å²) in [4.78, 5) is 27.0. The van der Waals surface area contributed by atoms with Crippen LogP contribution in [-0.2, 0) is 10.8 Å². The predicted octanol–water partition coefficient (Wildman–Crippen LogP) is 5.15. The van der Waals surface area contributed by atoms with Gasteiger partial charge in [-0.2, -0.15) is 4.90 Å². The van der Waals surface area contributed by atoms with Gasteiger partial charge in [0.05, 0.1) is 0 Å². The van der Waals surface area contributed by atoms with Crippen LogP contribution in [0.5, 0.6) is 0 Å². The lowest BCUT2D eigenvalue weighted by molar-refractivity contribution is 0.184. The van der Waals surface area contributed by atoms with Crippen LogP contribution in [0.1, 0.15) is 52.7 Å². The molecule has 0 spiro atoms. The molecule has 0 saturated heterocycles. The Kier molecular flexibility index (Phi) is 5.23. The molecule has 1 aromatic rings. The molecule has 0 aromatic carbocycles. The summed E-state index contributed by atoms with van der Waals surface area (Å²) >= 11 is 12.3. The van der Waals surface area contributed by atoms with Crippen molar-refractivity contribution in [3.05, 3.63) is 21.4 Å². The zero-order valence-electron chi connectivity index (χ0n) is 13.9. The topological polar surface area (TPSA) is 90.7 Å². The summed E-state index contributed by atoms with van der Waals surface area (Å²) in [5.41, 5.74) is -0.265. The van der Waals surface area contributed by atoms with Crippen molar-refractivity contribution in [3.8, 4) is 0 Å². The van der Waals surface area contributed by atoms with E-state index in [2.05, 4.69) is 4.98 Å². The zero-order chi connectivity index (χ0) is 18.3. The average molecular weight is 363 g/mol. The Balaban J connectivity index is 4.05. The molecule has 128 valence electrons. The van der Waals surface area contributed by atoms with Gasteiger partial charge in [-0.25, -0.2) is 14.6 Å². The molecule has 0 fully saturated rings. The summed E-state index contributed by atoms with van der Waals surface area (Å²) in [5.74, 6) is 0. The molecule has 0 radical (unpaired) electrons. The molecule has 0 unspecified atom stereocenters. The number of carboxylic acid groups (broad SMARTS) is 2. The van der Waals surface area contributed by atoms with Gasteiger partial charge >= 0.3 is 12.2 Å². The Morgan fingerprint density at radius 2 is 1.26 bits per heavy atom. The van der Waals surface area contributed by atoms with E-state index in [9.17, 15) is 19.8 Å². The minimum Gasteiger partial charge on any atom is -0.464 e. The van der Waals surface area contributed by atoms with E-state index in [1.807, 2.05) is 41.5 Å². The van der Waals surface area contributed by atoms with Gasteiger partial charge in [-0.3, -0.25) is 0 Å². The molecule has 1 aromatic heterocycles. The molecule has 2 amide bonds. The molecule has 1 heterocycles. The number of halogens is 2. The fraction of sp³-hybridized carbons (Fsp3) is 0.533. The summed E-state index contributed by atoms with van der Waals surface area (Å²) in [7, 11) is 0. The number of hydrogen-bond acceptors (Lipinski definition) is 3. The van der Waals surface area contributed by atoms with Crippen molar-refractivity contribution in [2.24, 2.45) is 0 Å². The van der Waals surface area contributed by atoms with Gasteiger partial charge in [0, 0.05) is 5.56 Å². The third kappa shape index (κ3) is 3.87. The summed E-state index contributed by atoms with van der Waals surface area (Å²) in [6.45, 7) is 11.1. The second-order valence-corrected chi connectivity index (χ2v) is 7.91. The van der Waals surface area contributed by atoms with Gasteiger partial charge in [0.1, 0.15) is 10.8 Å². The molecule has 23 heavy (non-hydrogen) atoms. The van der Waals surface area contributed by atoms with E-state index in [-0.39, 0.29) is 20.9 Å². The van der Waals surface area contributed by atoms with Crippen LogP contribution in [0.25, 0.3) is 0 Å². The Labute approximate surface area is 145 Å². The highest BCUT2D eigenvalue weighted by Crippen LogP contribution is 2.45. The van der Waals surface area contributed by atoms with Crippen LogP contribution in [0.15, 0.2) is 0 Å². The van der Waals surface area contributed by atoms with Crippen molar-refractivity contribution in [3.63, 3.8) is 0 Å². The van der Waals surface area contributed by atoms with Gasteiger partial charge in [-0.05, 0) is 16.4 Å². The van der Waals surface area contributed by atoms with Gasteiger partial charge < -0.3 is 10.2 Å². The summed E-state index contributed by atoms with van der Waals surface area (Å²) < 4.78 is 0.